The maximum atomic E-state index is 12.1. The Balaban J connectivity index is 1.48. The van der Waals surface area contributed by atoms with Gasteiger partial charge in [-0.25, -0.2) is 0 Å². The highest BCUT2D eigenvalue weighted by atomic mass is 16.3. The van der Waals surface area contributed by atoms with E-state index in [1.54, 1.807) is 19.2 Å². The number of furan rings is 1. The lowest BCUT2D eigenvalue weighted by Gasteiger charge is -2.13. The lowest BCUT2D eigenvalue weighted by Crippen LogP contribution is -2.37. The molecule has 0 spiro atoms. The SMILES string of the molecule is CN=C(NCCc1ccccc1)NCc1cccc(NC(=O)c2ccco2)c1. The standard InChI is InChI=1S/C22H24N4O2/c1-23-22(24-13-12-17-7-3-2-4-8-17)25-16-18-9-5-10-19(15-18)26-21(27)20-11-6-14-28-20/h2-11,14-15H,12-13,16H2,1H3,(H,26,27)(H2,23,24,25). The second kappa shape index (κ2) is 9.97. The van der Waals surface area contributed by atoms with E-state index in [1.165, 1.54) is 11.8 Å². The molecule has 0 saturated heterocycles. The van der Waals surface area contributed by atoms with Crippen LogP contribution in [0.5, 0.6) is 0 Å². The van der Waals surface area contributed by atoms with Gasteiger partial charge in [0.25, 0.3) is 5.91 Å². The molecule has 6 nitrogen and oxygen atoms in total. The number of aliphatic imine (C=N–C) groups is 1. The van der Waals surface area contributed by atoms with Crippen molar-refractivity contribution < 1.29 is 9.21 Å². The molecular formula is C22H24N4O2. The summed E-state index contributed by atoms with van der Waals surface area (Å²) in [5.74, 6) is 0.751. The molecule has 0 aliphatic heterocycles. The van der Waals surface area contributed by atoms with Crippen molar-refractivity contribution in [3.63, 3.8) is 0 Å². The van der Waals surface area contributed by atoms with Gasteiger partial charge in [-0.05, 0) is 41.8 Å². The number of amides is 1. The minimum atomic E-state index is -0.270. The molecule has 6 heteroatoms. The molecule has 1 heterocycles. The molecule has 2 aromatic carbocycles. The topological polar surface area (TPSA) is 78.7 Å². The van der Waals surface area contributed by atoms with Crippen molar-refractivity contribution >= 4 is 17.6 Å². The Kier molecular flexibility index (Phi) is 6.84. The quantitative estimate of drug-likeness (QED) is 0.436. The van der Waals surface area contributed by atoms with Gasteiger partial charge in [0.1, 0.15) is 0 Å². The van der Waals surface area contributed by atoms with Crippen LogP contribution in [0, 0.1) is 0 Å². The van der Waals surface area contributed by atoms with Crippen LogP contribution >= 0.6 is 0 Å². The fourth-order valence-corrected chi connectivity index (χ4v) is 2.74. The summed E-state index contributed by atoms with van der Waals surface area (Å²) in [6, 6.07) is 21.3. The summed E-state index contributed by atoms with van der Waals surface area (Å²) in [5.41, 5.74) is 3.03. The Bertz CT molecular complexity index is 905. The lowest BCUT2D eigenvalue weighted by molar-refractivity contribution is 0.0996. The Labute approximate surface area is 164 Å². The Morgan fingerprint density at radius 2 is 1.79 bits per heavy atom. The van der Waals surface area contributed by atoms with Crippen molar-refractivity contribution in [3.8, 4) is 0 Å². The maximum absolute atomic E-state index is 12.1. The van der Waals surface area contributed by atoms with Gasteiger partial charge in [0.15, 0.2) is 11.7 Å². The predicted octanol–water partition coefficient (Wildman–Crippen LogP) is 3.44. The van der Waals surface area contributed by atoms with E-state index in [9.17, 15) is 4.79 Å². The largest absolute Gasteiger partial charge is 0.459 e. The van der Waals surface area contributed by atoms with Crippen LogP contribution in [0.2, 0.25) is 0 Å². The van der Waals surface area contributed by atoms with Crippen molar-refractivity contribution in [3.05, 3.63) is 89.9 Å². The molecule has 3 aromatic rings. The van der Waals surface area contributed by atoms with Gasteiger partial charge in [-0.15, -0.1) is 0 Å². The number of rotatable bonds is 7. The third-order valence-corrected chi connectivity index (χ3v) is 4.16. The number of benzene rings is 2. The average Bonchev–Trinajstić information content (AvgIpc) is 3.27. The first kappa shape index (κ1) is 19.2. The van der Waals surface area contributed by atoms with Crippen LogP contribution in [0.25, 0.3) is 0 Å². The molecule has 0 unspecified atom stereocenters. The fourth-order valence-electron chi connectivity index (χ4n) is 2.74. The molecule has 0 bridgehead atoms. The van der Waals surface area contributed by atoms with E-state index < -0.39 is 0 Å². The normalized spacial score (nSPS) is 11.1. The first-order valence-corrected chi connectivity index (χ1v) is 9.17. The van der Waals surface area contributed by atoms with E-state index in [4.69, 9.17) is 4.42 Å². The van der Waals surface area contributed by atoms with Gasteiger partial charge < -0.3 is 20.4 Å². The van der Waals surface area contributed by atoms with Crippen molar-refractivity contribution in [1.82, 2.24) is 10.6 Å². The molecule has 0 atom stereocenters. The van der Waals surface area contributed by atoms with Crippen LogP contribution < -0.4 is 16.0 Å². The number of nitrogens with zero attached hydrogens (tertiary/aromatic N) is 1. The number of hydrogen-bond acceptors (Lipinski definition) is 3. The summed E-state index contributed by atoms with van der Waals surface area (Å²) in [5, 5.41) is 9.43. The highest BCUT2D eigenvalue weighted by Gasteiger charge is 2.08. The summed E-state index contributed by atoms with van der Waals surface area (Å²) in [7, 11) is 1.75. The van der Waals surface area contributed by atoms with E-state index in [1.807, 2.05) is 42.5 Å². The summed E-state index contributed by atoms with van der Waals surface area (Å²) in [6.45, 7) is 1.39. The van der Waals surface area contributed by atoms with E-state index in [0.717, 1.165) is 24.5 Å². The first-order valence-electron chi connectivity index (χ1n) is 9.17. The summed E-state index contributed by atoms with van der Waals surface area (Å²) in [6.07, 6.45) is 2.40. The molecule has 0 fully saturated rings. The van der Waals surface area contributed by atoms with Crippen molar-refractivity contribution in [2.45, 2.75) is 13.0 Å². The number of hydrogen-bond donors (Lipinski definition) is 3. The fraction of sp³-hybridized carbons (Fsp3) is 0.182. The van der Waals surface area contributed by atoms with Crippen LogP contribution in [0.1, 0.15) is 21.7 Å². The summed E-state index contributed by atoms with van der Waals surface area (Å²) >= 11 is 0. The summed E-state index contributed by atoms with van der Waals surface area (Å²) in [4.78, 5) is 16.3. The Morgan fingerprint density at radius 3 is 2.54 bits per heavy atom. The van der Waals surface area contributed by atoms with Gasteiger partial charge >= 0.3 is 0 Å². The highest BCUT2D eigenvalue weighted by molar-refractivity contribution is 6.02. The minimum Gasteiger partial charge on any atom is -0.459 e. The molecule has 144 valence electrons. The minimum absolute atomic E-state index is 0.270. The predicted molar refractivity (Wildman–Crippen MR) is 111 cm³/mol. The highest BCUT2D eigenvalue weighted by Crippen LogP contribution is 2.12. The van der Waals surface area contributed by atoms with Gasteiger partial charge in [0.2, 0.25) is 0 Å². The van der Waals surface area contributed by atoms with E-state index >= 15 is 0 Å². The number of carbonyl (C=O) groups is 1. The van der Waals surface area contributed by atoms with Crippen LogP contribution in [-0.2, 0) is 13.0 Å². The molecule has 0 saturated carbocycles. The zero-order valence-corrected chi connectivity index (χ0v) is 15.8. The second-order valence-corrected chi connectivity index (χ2v) is 6.22. The average molecular weight is 376 g/mol. The van der Waals surface area contributed by atoms with E-state index in [0.29, 0.717) is 12.2 Å². The van der Waals surface area contributed by atoms with Crippen LogP contribution in [-0.4, -0.2) is 25.5 Å². The van der Waals surface area contributed by atoms with Crippen LogP contribution in [0.3, 0.4) is 0 Å². The third-order valence-electron chi connectivity index (χ3n) is 4.16. The van der Waals surface area contributed by atoms with E-state index in [2.05, 4.69) is 33.1 Å². The van der Waals surface area contributed by atoms with Crippen molar-refractivity contribution in [1.29, 1.82) is 0 Å². The van der Waals surface area contributed by atoms with Gasteiger partial charge in [-0.3, -0.25) is 9.79 Å². The van der Waals surface area contributed by atoms with Gasteiger partial charge in [0.05, 0.1) is 6.26 Å². The second-order valence-electron chi connectivity index (χ2n) is 6.22. The molecule has 0 aliphatic rings. The molecule has 3 N–H and O–H groups in total. The van der Waals surface area contributed by atoms with Gasteiger partial charge in [-0.1, -0.05) is 42.5 Å². The number of guanidine groups is 1. The molecular weight excluding hydrogens is 352 g/mol. The van der Waals surface area contributed by atoms with Gasteiger partial charge in [0, 0.05) is 25.8 Å². The molecule has 28 heavy (non-hydrogen) atoms. The lowest BCUT2D eigenvalue weighted by atomic mass is 10.1. The van der Waals surface area contributed by atoms with Gasteiger partial charge in [-0.2, -0.15) is 0 Å². The number of carbonyl (C=O) groups excluding carboxylic acids is 1. The van der Waals surface area contributed by atoms with Crippen LogP contribution in [0.15, 0.2) is 82.4 Å². The maximum Gasteiger partial charge on any atom is 0.291 e. The molecule has 0 aliphatic carbocycles. The third kappa shape index (κ3) is 5.74. The summed E-state index contributed by atoms with van der Waals surface area (Å²) < 4.78 is 5.11. The zero-order valence-electron chi connectivity index (χ0n) is 15.8. The smallest absolute Gasteiger partial charge is 0.291 e. The van der Waals surface area contributed by atoms with Crippen molar-refractivity contribution in [2.75, 3.05) is 18.9 Å². The Hall–Kier alpha value is -3.54. The number of nitrogens with one attached hydrogen (secondary N) is 3. The number of anilines is 1. The monoisotopic (exact) mass is 376 g/mol. The molecule has 1 amide bonds. The molecule has 1 aromatic heterocycles. The van der Waals surface area contributed by atoms with Crippen LogP contribution in [0.4, 0.5) is 5.69 Å². The molecule has 0 radical (unpaired) electrons. The zero-order chi connectivity index (χ0) is 19.6. The van der Waals surface area contributed by atoms with Crippen molar-refractivity contribution in [2.24, 2.45) is 4.99 Å². The van der Waals surface area contributed by atoms with E-state index in [-0.39, 0.29) is 11.7 Å². The first-order chi connectivity index (χ1) is 13.7. The molecule has 3 rings (SSSR count). The Morgan fingerprint density at radius 1 is 0.964 bits per heavy atom.